The van der Waals surface area contributed by atoms with Gasteiger partial charge in [0.05, 0.1) is 17.3 Å². The molecule has 6 nitrogen and oxygen atoms in total. The van der Waals surface area contributed by atoms with Crippen molar-refractivity contribution in [2.75, 3.05) is 5.32 Å². The van der Waals surface area contributed by atoms with E-state index in [1.165, 1.54) is 6.33 Å². The van der Waals surface area contributed by atoms with Gasteiger partial charge in [-0.25, -0.2) is 19.9 Å². The Hall–Kier alpha value is -3.02. The van der Waals surface area contributed by atoms with Crippen molar-refractivity contribution in [2.45, 2.75) is 19.9 Å². The van der Waals surface area contributed by atoms with Gasteiger partial charge in [0.1, 0.15) is 17.9 Å². The summed E-state index contributed by atoms with van der Waals surface area (Å²) in [5.41, 5.74) is 2.30. The number of hydrogen-bond acceptors (Lipinski definition) is 6. The number of phenolic OH excluding ortho intramolecular Hbond substituents is 1. The fourth-order valence-electron chi connectivity index (χ4n) is 2.28. The van der Waals surface area contributed by atoms with Crippen LogP contribution in [0.15, 0.2) is 48.9 Å². The third-order valence-corrected chi connectivity index (χ3v) is 3.41. The van der Waals surface area contributed by atoms with Gasteiger partial charge < -0.3 is 10.4 Å². The predicted octanol–water partition coefficient (Wildman–Crippen LogP) is 3.12. The first kappa shape index (κ1) is 14.9. The Morgan fingerprint density at radius 1 is 1.13 bits per heavy atom. The van der Waals surface area contributed by atoms with Gasteiger partial charge in [0.25, 0.3) is 0 Å². The number of anilines is 1. The summed E-state index contributed by atoms with van der Waals surface area (Å²) in [5.74, 6) is 1.33. The fourth-order valence-corrected chi connectivity index (χ4v) is 2.28. The molecule has 0 spiro atoms. The number of para-hydroxylation sites is 1. The molecule has 0 radical (unpaired) electrons. The summed E-state index contributed by atoms with van der Waals surface area (Å²) < 4.78 is 0. The van der Waals surface area contributed by atoms with Crippen molar-refractivity contribution in [2.24, 2.45) is 0 Å². The summed E-state index contributed by atoms with van der Waals surface area (Å²) in [6, 6.07) is 10.7. The molecule has 3 rings (SSSR count). The molecule has 0 aliphatic rings. The number of rotatable bonds is 4. The van der Waals surface area contributed by atoms with Crippen LogP contribution in [-0.2, 0) is 0 Å². The minimum Gasteiger partial charge on any atom is -0.507 e. The number of nitrogens with one attached hydrogen (secondary N) is 1. The van der Waals surface area contributed by atoms with Crippen molar-refractivity contribution in [1.29, 1.82) is 0 Å². The van der Waals surface area contributed by atoms with Crippen LogP contribution in [0.3, 0.4) is 0 Å². The molecular formula is C17H17N5O. The Morgan fingerprint density at radius 3 is 2.70 bits per heavy atom. The van der Waals surface area contributed by atoms with E-state index in [1.54, 1.807) is 24.4 Å². The minimum atomic E-state index is -0.0236. The lowest BCUT2D eigenvalue weighted by molar-refractivity contribution is 0.477. The van der Waals surface area contributed by atoms with E-state index in [2.05, 4.69) is 25.3 Å². The number of phenols is 1. The quantitative estimate of drug-likeness (QED) is 0.770. The molecule has 1 aromatic carbocycles. The van der Waals surface area contributed by atoms with Gasteiger partial charge >= 0.3 is 0 Å². The molecule has 6 heteroatoms. The molecule has 0 bridgehead atoms. The van der Waals surface area contributed by atoms with Crippen LogP contribution in [0.4, 0.5) is 5.82 Å². The number of nitrogens with zero attached hydrogens (tertiary/aromatic N) is 4. The monoisotopic (exact) mass is 307 g/mol. The molecule has 0 saturated carbocycles. The molecule has 0 amide bonds. The molecule has 2 aromatic heterocycles. The standard InChI is InChI=1S/C17H17N5O/c1-11-9-16(21-12(2)14-7-8-18-10-19-14)22-17(20-11)13-5-3-4-6-15(13)23/h3-10,12,23H,1-2H3,(H,20,21,22). The Labute approximate surface area is 134 Å². The highest BCUT2D eigenvalue weighted by Gasteiger charge is 2.12. The Morgan fingerprint density at radius 2 is 1.96 bits per heavy atom. The highest BCUT2D eigenvalue weighted by molar-refractivity contribution is 5.64. The van der Waals surface area contributed by atoms with Gasteiger partial charge in [-0.15, -0.1) is 0 Å². The van der Waals surface area contributed by atoms with Crippen LogP contribution in [-0.4, -0.2) is 25.0 Å². The number of aromatic hydroxyl groups is 1. The van der Waals surface area contributed by atoms with Crippen molar-refractivity contribution in [1.82, 2.24) is 19.9 Å². The predicted molar refractivity (Wildman–Crippen MR) is 87.9 cm³/mol. The first-order valence-corrected chi connectivity index (χ1v) is 7.30. The largest absolute Gasteiger partial charge is 0.507 e. The van der Waals surface area contributed by atoms with Crippen molar-refractivity contribution in [3.63, 3.8) is 0 Å². The number of hydrogen-bond donors (Lipinski definition) is 2. The van der Waals surface area contributed by atoms with Crippen LogP contribution < -0.4 is 5.32 Å². The van der Waals surface area contributed by atoms with E-state index in [0.717, 1.165) is 11.4 Å². The normalized spacial score (nSPS) is 11.9. The van der Waals surface area contributed by atoms with Crippen LogP contribution in [0.2, 0.25) is 0 Å². The fraction of sp³-hybridized carbons (Fsp3) is 0.176. The second-order valence-electron chi connectivity index (χ2n) is 5.24. The summed E-state index contributed by atoms with van der Waals surface area (Å²) in [4.78, 5) is 17.1. The van der Waals surface area contributed by atoms with Crippen LogP contribution in [0.5, 0.6) is 5.75 Å². The topological polar surface area (TPSA) is 83.8 Å². The smallest absolute Gasteiger partial charge is 0.165 e. The minimum absolute atomic E-state index is 0.0236. The second kappa shape index (κ2) is 6.39. The van der Waals surface area contributed by atoms with Gasteiger partial charge in [-0.05, 0) is 32.0 Å². The molecule has 1 atom stereocenters. The maximum absolute atomic E-state index is 9.99. The summed E-state index contributed by atoms with van der Waals surface area (Å²) in [6.45, 7) is 3.89. The lowest BCUT2D eigenvalue weighted by Crippen LogP contribution is -2.10. The molecule has 0 saturated heterocycles. The van der Waals surface area contributed by atoms with Gasteiger partial charge in [0.15, 0.2) is 5.82 Å². The maximum atomic E-state index is 9.99. The first-order valence-electron chi connectivity index (χ1n) is 7.30. The van der Waals surface area contributed by atoms with E-state index in [4.69, 9.17) is 0 Å². The second-order valence-corrected chi connectivity index (χ2v) is 5.24. The lowest BCUT2D eigenvalue weighted by atomic mass is 10.2. The zero-order valence-corrected chi connectivity index (χ0v) is 12.9. The molecule has 2 heterocycles. The van der Waals surface area contributed by atoms with Crippen LogP contribution >= 0.6 is 0 Å². The molecule has 0 fully saturated rings. The van der Waals surface area contributed by atoms with Gasteiger partial charge in [0.2, 0.25) is 0 Å². The molecule has 3 aromatic rings. The first-order chi connectivity index (χ1) is 11.1. The number of aromatic nitrogens is 4. The maximum Gasteiger partial charge on any atom is 0.165 e. The highest BCUT2D eigenvalue weighted by atomic mass is 16.3. The molecule has 23 heavy (non-hydrogen) atoms. The molecule has 2 N–H and O–H groups in total. The Kier molecular flexibility index (Phi) is 4.14. The number of aryl methyl sites for hydroxylation is 1. The average Bonchev–Trinajstić information content (AvgIpc) is 2.55. The Bertz CT molecular complexity index is 807. The summed E-state index contributed by atoms with van der Waals surface area (Å²) in [6.07, 6.45) is 3.23. The van der Waals surface area contributed by atoms with Crippen LogP contribution in [0.25, 0.3) is 11.4 Å². The van der Waals surface area contributed by atoms with Crippen molar-refractivity contribution < 1.29 is 5.11 Å². The zero-order valence-electron chi connectivity index (χ0n) is 12.9. The Balaban J connectivity index is 1.91. The molecular weight excluding hydrogens is 290 g/mol. The van der Waals surface area contributed by atoms with Gasteiger partial charge in [-0.2, -0.15) is 0 Å². The summed E-state index contributed by atoms with van der Waals surface area (Å²) >= 11 is 0. The van der Waals surface area contributed by atoms with Crippen molar-refractivity contribution >= 4 is 5.82 Å². The van der Waals surface area contributed by atoms with E-state index < -0.39 is 0 Å². The molecule has 0 aliphatic carbocycles. The zero-order chi connectivity index (χ0) is 16.2. The molecule has 0 aliphatic heterocycles. The van der Waals surface area contributed by atoms with Gasteiger partial charge in [-0.3, -0.25) is 0 Å². The third kappa shape index (κ3) is 3.42. The van der Waals surface area contributed by atoms with E-state index >= 15 is 0 Å². The van der Waals surface area contributed by atoms with E-state index in [1.807, 2.05) is 32.0 Å². The summed E-state index contributed by atoms with van der Waals surface area (Å²) in [7, 11) is 0. The van der Waals surface area contributed by atoms with E-state index in [-0.39, 0.29) is 11.8 Å². The lowest BCUT2D eigenvalue weighted by Gasteiger charge is -2.15. The molecule has 116 valence electrons. The van der Waals surface area contributed by atoms with Gasteiger partial charge in [0, 0.05) is 18.0 Å². The number of benzene rings is 1. The van der Waals surface area contributed by atoms with E-state index in [9.17, 15) is 5.11 Å². The third-order valence-electron chi connectivity index (χ3n) is 3.41. The van der Waals surface area contributed by atoms with Crippen molar-refractivity contribution in [3.8, 4) is 17.1 Å². The average molecular weight is 307 g/mol. The molecule has 1 unspecified atom stereocenters. The van der Waals surface area contributed by atoms with E-state index in [0.29, 0.717) is 17.2 Å². The SMILES string of the molecule is Cc1cc(NC(C)c2ccncn2)nc(-c2ccccc2O)n1. The summed E-state index contributed by atoms with van der Waals surface area (Å²) in [5, 5.41) is 13.3. The van der Waals surface area contributed by atoms with Gasteiger partial charge in [-0.1, -0.05) is 12.1 Å². The van der Waals surface area contributed by atoms with Crippen LogP contribution in [0, 0.1) is 6.92 Å². The highest BCUT2D eigenvalue weighted by Crippen LogP contribution is 2.27. The van der Waals surface area contributed by atoms with Crippen molar-refractivity contribution in [3.05, 3.63) is 60.3 Å². The van der Waals surface area contributed by atoms with Crippen LogP contribution in [0.1, 0.15) is 24.4 Å².